The van der Waals surface area contributed by atoms with E-state index in [0.29, 0.717) is 12.5 Å². The third-order valence-corrected chi connectivity index (χ3v) is 2.00. The summed E-state index contributed by atoms with van der Waals surface area (Å²) in [6.45, 7) is 6.83. The third-order valence-electron chi connectivity index (χ3n) is 2.00. The fourth-order valence-electron chi connectivity index (χ4n) is 1.08. The van der Waals surface area contributed by atoms with Crippen LogP contribution >= 0.6 is 0 Å². The van der Waals surface area contributed by atoms with Crippen molar-refractivity contribution in [1.82, 2.24) is 5.32 Å². The lowest BCUT2D eigenvalue weighted by Crippen LogP contribution is -2.27. The van der Waals surface area contributed by atoms with Crippen LogP contribution in [0.4, 0.5) is 0 Å². The Bertz CT molecular complexity index is 154. The van der Waals surface area contributed by atoms with Gasteiger partial charge in [-0.15, -0.1) is 0 Å². The molecule has 14 heavy (non-hydrogen) atoms. The molecule has 0 amide bonds. The topological polar surface area (TPSA) is 45.0 Å². The second-order valence-electron chi connectivity index (χ2n) is 3.54. The first kappa shape index (κ1) is 13.4. The molecule has 0 saturated carbocycles. The molecule has 1 N–H and O–H groups in total. The Labute approximate surface area is 87.4 Å². The van der Waals surface area contributed by atoms with Crippen LogP contribution in [0.15, 0.2) is 0 Å². The predicted octanol–water partition coefficient (Wildman–Crippen LogP) is 2.08. The second kappa shape index (κ2) is 10.5. The van der Waals surface area contributed by atoms with Gasteiger partial charge in [-0.2, -0.15) is 5.26 Å². The van der Waals surface area contributed by atoms with Gasteiger partial charge in [-0.1, -0.05) is 13.3 Å². The first-order valence-electron chi connectivity index (χ1n) is 5.49. The Morgan fingerprint density at radius 3 is 2.71 bits per heavy atom. The third kappa shape index (κ3) is 9.50. The van der Waals surface area contributed by atoms with Gasteiger partial charge >= 0.3 is 0 Å². The lowest BCUT2D eigenvalue weighted by molar-refractivity contribution is 0.128. The van der Waals surface area contributed by atoms with E-state index in [-0.39, 0.29) is 0 Å². The Hall–Kier alpha value is -0.590. The maximum atomic E-state index is 8.42. The number of nitrogens with one attached hydrogen (secondary N) is 1. The van der Waals surface area contributed by atoms with E-state index in [1.54, 1.807) is 0 Å². The first-order valence-corrected chi connectivity index (χ1v) is 5.49. The van der Waals surface area contributed by atoms with Gasteiger partial charge in [0.05, 0.1) is 12.5 Å². The van der Waals surface area contributed by atoms with Gasteiger partial charge in [0.2, 0.25) is 0 Å². The molecule has 0 spiro atoms. The minimum atomic E-state index is 0.302. The summed E-state index contributed by atoms with van der Waals surface area (Å²) in [4.78, 5) is 0. The number of hydrogen-bond acceptors (Lipinski definition) is 3. The molecule has 0 aliphatic carbocycles. The van der Waals surface area contributed by atoms with Crippen LogP contribution in [-0.4, -0.2) is 25.8 Å². The molecule has 0 radical (unpaired) electrons. The summed E-state index contributed by atoms with van der Waals surface area (Å²) in [7, 11) is 0. The van der Waals surface area contributed by atoms with Crippen molar-refractivity contribution in [2.24, 2.45) is 0 Å². The van der Waals surface area contributed by atoms with Crippen molar-refractivity contribution in [2.75, 3.05) is 19.8 Å². The van der Waals surface area contributed by atoms with Crippen LogP contribution in [0.5, 0.6) is 0 Å². The zero-order chi connectivity index (χ0) is 10.6. The SMILES string of the molecule is CCCCOCCCNC(C)CC#N. The molecular weight excluding hydrogens is 176 g/mol. The zero-order valence-electron chi connectivity index (χ0n) is 9.38. The molecule has 0 heterocycles. The number of rotatable bonds is 9. The van der Waals surface area contributed by atoms with E-state index in [9.17, 15) is 0 Å². The number of nitrogens with zero attached hydrogens (tertiary/aromatic N) is 1. The molecule has 0 aliphatic heterocycles. The first-order chi connectivity index (χ1) is 6.81. The van der Waals surface area contributed by atoms with Gasteiger partial charge in [-0.05, 0) is 26.3 Å². The number of hydrogen-bond donors (Lipinski definition) is 1. The summed E-state index contributed by atoms with van der Waals surface area (Å²) in [5, 5.41) is 11.7. The summed E-state index contributed by atoms with van der Waals surface area (Å²) in [5.41, 5.74) is 0. The van der Waals surface area contributed by atoms with Crippen LogP contribution < -0.4 is 5.32 Å². The lowest BCUT2D eigenvalue weighted by atomic mass is 10.2. The van der Waals surface area contributed by atoms with Gasteiger partial charge < -0.3 is 10.1 Å². The van der Waals surface area contributed by atoms with E-state index in [1.807, 2.05) is 6.92 Å². The van der Waals surface area contributed by atoms with Crippen molar-refractivity contribution in [3.05, 3.63) is 0 Å². The van der Waals surface area contributed by atoms with Crippen molar-refractivity contribution >= 4 is 0 Å². The minimum Gasteiger partial charge on any atom is -0.381 e. The van der Waals surface area contributed by atoms with E-state index >= 15 is 0 Å². The molecule has 82 valence electrons. The lowest BCUT2D eigenvalue weighted by Gasteiger charge is -2.09. The molecule has 0 bridgehead atoms. The predicted molar refractivity (Wildman–Crippen MR) is 58.0 cm³/mol. The number of unbranched alkanes of at least 4 members (excludes halogenated alkanes) is 1. The van der Waals surface area contributed by atoms with E-state index in [4.69, 9.17) is 10.00 Å². The normalized spacial score (nSPS) is 12.4. The van der Waals surface area contributed by atoms with Crippen LogP contribution in [0, 0.1) is 11.3 Å². The molecule has 0 aliphatic rings. The average Bonchev–Trinajstić information content (AvgIpc) is 2.17. The quantitative estimate of drug-likeness (QED) is 0.577. The van der Waals surface area contributed by atoms with Crippen LogP contribution in [0.2, 0.25) is 0 Å². The Morgan fingerprint density at radius 2 is 2.07 bits per heavy atom. The molecule has 0 rings (SSSR count). The Kier molecular flexibility index (Phi) is 10.0. The molecular formula is C11H22N2O. The van der Waals surface area contributed by atoms with E-state index < -0.39 is 0 Å². The van der Waals surface area contributed by atoms with Crippen LogP contribution in [0.1, 0.15) is 39.5 Å². The fraction of sp³-hybridized carbons (Fsp3) is 0.909. The molecule has 0 aromatic rings. The van der Waals surface area contributed by atoms with E-state index in [1.165, 1.54) is 6.42 Å². The largest absolute Gasteiger partial charge is 0.381 e. The van der Waals surface area contributed by atoms with Crippen molar-refractivity contribution < 1.29 is 4.74 Å². The number of nitriles is 1. The second-order valence-corrected chi connectivity index (χ2v) is 3.54. The van der Waals surface area contributed by atoms with Crippen molar-refractivity contribution in [3.8, 4) is 6.07 Å². The fourth-order valence-corrected chi connectivity index (χ4v) is 1.08. The average molecular weight is 198 g/mol. The van der Waals surface area contributed by atoms with Crippen molar-refractivity contribution in [2.45, 2.75) is 45.6 Å². The molecule has 0 saturated heterocycles. The number of ether oxygens (including phenoxy) is 1. The minimum absolute atomic E-state index is 0.302. The monoisotopic (exact) mass is 198 g/mol. The highest BCUT2D eigenvalue weighted by Crippen LogP contribution is 1.91. The summed E-state index contributed by atoms with van der Waals surface area (Å²) in [6, 6.07) is 2.44. The maximum Gasteiger partial charge on any atom is 0.0638 e. The molecule has 0 aromatic heterocycles. The smallest absolute Gasteiger partial charge is 0.0638 e. The highest BCUT2D eigenvalue weighted by Gasteiger charge is 1.98. The van der Waals surface area contributed by atoms with Gasteiger partial charge in [0.1, 0.15) is 0 Å². The van der Waals surface area contributed by atoms with Gasteiger partial charge in [-0.25, -0.2) is 0 Å². The highest BCUT2D eigenvalue weighted by molar-refractivity contribution is 4.76. The maximum absolute atomic E-state index is 8.42. The summed E-state index contributed by atoms with van der Waals surface area (Å²) >= 11 is 0. The molecule has 3 nitrogen and oxygen atoms in total. The molecule has 0 aromatic carbocycles. The van der Waals surface area contributed by atoms with Crippen LogP contribution in [-0.2, 0) is 4.74 Å². The van der Waals surface area contributed by atoms with Crippen LogP contribution in [0.25, 0.3) is 0 Å². The van der Waals surface area contributed by atoms with Gasteiger partial charge in [0.25, 0.3) is 0 Å². The Morgan fingerprint density at radius 1 is 1.36 bits per heavy atom. The van der Waals surface area contributed by atoms with Gasteiger partial charge in [0, 0.05) is 19.3 Å². The van der Waals surface area contributed by atoms with Crippen molar-refractivity contribution in [3.63, 3.8) is 0 Å². The zero-order valence-corrected chi connectivity index (χ0v) is 9.38. The Balaban J connectivity index is 3.02. The standard InChI is InChI=1S/C11H22N2O/c1-3-4-9-14-10-5-8-13-11(2)6-7-12/h11,13H,3-6,8-10H2,1-2H3. The molecule has 1 unspecified atom stereocenters. The highest BCUT2D eigenvalue weighted by atomic mass is 16.5. The van der Waals surface area contributed by atoms with Crippen molar-refractivity contribution in [1.29, 1.82) is 5.26 Å². The van der Waals surface area contributed by atoms with Gasteiger partial charge in [-0.3, -0.25) is 0 Å². The van der Waals surface area contributed by atoms with Crippen LogP contribution in [0.3, 0.4) is 0 Å². The summed E-state index contributed by atoms with van der Waals surface area (Å²) in [6.07, 6.45) is 3.95. The molecule has 3 heteroatoms. The molecule has 1 atom stereocenters. The van der Waals surface area contributed by atoms with Gasteiger partial charge in [0.15, 0.2) is 0 Å². The summed E-state index contributed by atoms with van der Waals surface area (Å²) in [5.74, 6) is 0. The molecule has 0 fully saturated rings. The van der Waals surface area contributed by atoms with E-state index in [0.717, 1.165) is 32.6 Å². The van der Waals surface area contributed by atoms with E-state index in [2.05, 4.69) is 18.3 Å². The summed E-state index contributed by atoms with van der Waals surface area (Å²) < 4.78 is 5.41.